The van der Waals surface area contributed by atoms with E-state index in [2.05, 4.69) is 0 Å². The van der Waals surface area contributed by atoms with Crippen molar-refractivity contribution in [3.63, 3.8) is 0 Å². The van der Waals surface area contributed by atoms with E-state index in [1.54, 1.807) is 13.0 Å². The zero-order chi connectivity index (χ0) is 31.3. The van der Waals surface area contributed by atoms with Crippen molar-refractivity contribution in [3.8, 4) is 28.7 Å². The van der Waals surface area contributed by atoms with E-state index in [1.807, 2.05) is 0 Å². The first kappa shape index (κ1) is 31.2. The average molecular weight is 611 g/mol. The average Bonchev–Trinajstić information content (AvgIpc) is 2.95. The van der Waals surface area contributed by atoms with Crippen LogP contribution >= 0.6 is 0 Å². The molecule has 0 aliphatic carbocycles. The Morgan fingerprint density at radius 1 is 0.884 bits per heavy atom. The molecule has 0 saturated carbocycles. The highest BCUT2D eigenvalue weighted by Gasteiger charge is 2.50. The molecule has 0 bridgehead atoms. The van der Waals surface area contributed by atoms with Crippen molar-refractivity contribution in [2.75, 3.05) is 6.61 Å². The summed E-state index contributed by atoms with van der Waals surface area (Å²) in [5.41, 5.74) is 0.633. The predicted molar refractivity (Wildman–Crippen MR) is 141 cm³/mol. The van der Waals surface area contributed by atoms with E-state index >= 15 is 0 Å². The van der Waals surface area contributed by atoms with E-state index in [1.165, 1.54) is 19.1 Å². The van der Waals surface area contributed by atoms with Gasteiger partial charge in [-0.3, -0.25) is 4.79 Å². The third kappa shape index (κ3) is 5.83. The molecule has 11 unspecified atom stereocenters. The van der Waals surface area contributed by atoms with Gasteiger partial charge < -0.3 is 69.6 Å². The Morgan fingerprint density at radius 2 is 1.58 bits per heavy atom. The molecule has 3 aliphatic heterocycles. The van der Waals surface area contributed by atoms with Crippen molar-refractivity contribution < 1.29 is 74.4 Å². The number of ether oxygens (including phenoxy) is 5. The van der Waals surface area contributed by atoms with Crippen LogP contribution in [0.15, 0.2) is 24.3 Å². The molecular weight excluding hydrogens is 576 g/mol. The van der Waals surface area contributed by atoms with Crippen LogP contribution in [0.4, 0.5) is 0 Å². The summed E-state index contributed by atoms with van der Waals surface area (Å²) in [6, 6.07) is 5.13. The van der Waals surface area contributed by atoms with E-state index in [0.717, 1.165) is 6.07 Å². The van der Waals surface area contributed by atoms with Gasteiger partial charge in [0, 0.05) is 12.1 Å². The van der Waals surface area contributed by atoms with Gasteiger partial charge in [-0.2, -0.15) is 0 Å². The molecular formula is C28H34O15. The van der Waals surface area contributed by atoms with E-state index in [4.69, 9.17) is 23.7 Å². The number of phenolic OH excluding ortho intramolecular Hbond substituents is 3. The second kappa shape index (κ2) is 12.0. The molecule has 15 heteroatoms. The molecule has 236 valence electrons. The minimum Gasteiger partial charge on any atom is -0.508 e. The van der Waals surface area contributed by atoms with Crippen LogP contribution in [0, 0.1) is 6.92 Å². The lowest BCUT2D eigenvalue weighted by Gasteiger charge is -2.45. The Balaban J connectivity index is 1.32. The fourth-order valence-corrected chi connectivity index (χ4v) is 5.41. The Morgan fingerprint density at radius 3 is 2.28 bits per heavy atom. The van der Waals surface area contributed by atoms with Gasteiger partial charge in [0.25, 0.3) is 0 Å². The Labute approximate surface area is 244 Å². The zero-order valence-corrected chi connectivity index (χ0v) is 23.0. The number of phenols is 3. The molecule has 15 nitrogen and oxygen atoms in total. The van der Waals surface area contributed by atoms with Crippen molar-refractivity contribution in [2.45, 2.75) is 87.8 Å². The van der Waals surface area contributed by atoms with Gasteiger partial charge in [0.1, 0.15) is 71.6 Å². The van der Waals surface area contributed by atoms with E-state index in [-0.39, 0.29) is 35.0 Å². The molecule has 5 rings (SSSR count). The Hall–Kier alpha value is -3.25. The molecule has 3 aliphatic rings. The van der Waals surface area contributed by atoms with E-state index in [9.17, 15) is 50.8 Å². The number of rotatable bonds is 6. The van der Waals surface area contributed by atoms with Crippen LogP contribution in [0.3, 0.4) is 0 Å². The van der Waals surface area contributed by atoms with Gasteiger partial charge in [0.2, 0.25) is 6.29 Å². The van der Waals surface area contributed by atoms with Gasteiger partial charge >= 0.3 is 0 Å². The maximum absolute atomic E-state index is 12.8. The third-order valence-corrected chi connectivity index (χ3v) is 7.80. The van der Waals surface area contributed by atoms with Gasteiger partial charge in [-0.25, -0.2) is 0 Å². The van der Waals surface area contributed by atoms with Gasteiger partial charge in [-0.15, -0.1) is 0 Å². The molecule has 11 atom stereocenters. The summed E-state index contributed by atoms with van der Waals surface area (Å²) in [5.74, 6) is -1.69. The number of hydrogen-bond donors (Lipinski definition) is 9. The number of hydrogen-bond acceptors (Lipinski definition) is 15. The fourth-order valence-electron chi connectivity index (χ4n) is 5.41. The summed E-state index contributed by atoms with van der Waals surface area (Å²) >= 11 is 0. The first-order chi connectivity index (χ1) is 20.3. The summed E-state index contributed by atoms with van der Waals surface area (Å²) in [7, 11) is 0. The van der Waals surface area contributed by atoms with E-state index in [0.29, 0.717) is 11.1 Å². The van der Waals surface area contributed by atoms with Crippen molar-refractivity contribution in [1.82, 2.24) is 0 Å². The number of ketones is 1. The Kier molecular flexibility index (Phi) is 8.72. The van der Waals surface area contributed by atoms with Crippen molar-refractivity contribution in [1.29, 1.82) is 0 Å². The molecule has 0 amide bonds. The minimum atomic E-state index is -1.76. The largest absolute Gasteiger partial charge is 0.508 e. The summed E-state index contributed by atoms with van der Waals surface area (Å²) < 4.78 is 28.3. The molecule has 0 spiro atoms. The van der Waals surface area contributed by atoms with Gasteiger partial charge in [-0.05, 0) is 37.1 Å². The van der Waals surface area contributed by atoms with Crippen LogP contribution in [-0.4, -0.2) is 120 Å². The maximum Gasteiger partial charge on any atom is 0.229 e. The zero-order valence-electron chi connectivity index (χ0n) is 23.0. The lowest BCUT2D eigenvalue weighted by Crippen LogP contribution is -2.64. The molecule has 3 heterocycles. The first-order valence-corrected chi connectivity index (χ1v) is 13.5. The predicted octanol–water partition coefficient (Wildman–Crippen LogP) is -1.15. The second-order valence-electron chi connectivity index (χ2n) is 10.9. The Bertz CT molecular complexity index is 1350. The number of carbonyl (C=O) groups excluding carboxylic acids is 1. The standard InChI is InChI=1S/C28H34O15/c1-9-3-11(15-7-14(32)19-13(31)5-12(30)6-16(19)40-15)4-17(20(9)33)41-27-25(38)23(36)26(10(2)39-27)43-28-24(37)22(35)21(34)18(8-29)42-28/h3-6,10,15,18,21-31,33-38H,7-8H2,1-2H3. The SMILES string of the molecule is Cc1cc(C2CC(=O)c3c(O)cc(O)cc3O2)cc(OC2OC(C)C(OC3OC(CO)C(O)C(O)C3O)C(O)C2O)c1O. The number of Topliss-reactive ketones (excluding diaryl/α,β-unsaturated/α-hetero) is 1. The van der Waals surface area contributed by atoms with Crippen LogP contribution in [0.1, 0.15) is 40.9 Å². The third-order valence-electron chi connectivity index (χ3n) is 7.80. The first-order valence-electron chi connectivity index (χ1n) is 13.5. The lowest BCUT2D eigenvalue weighted by atomic mass is 9.94. The van der Waals surface area contributed by atoms with Crippen LogP contribution in [0.25, 0.3) is 0 Å². The number of fused-ring (bicyclic) bond motifs is 1. The van der Waals surface area contributed by atoms with Crippen LogP contribution in [-0.2, 0) is 14.2 Å². The maximum atomic E-state index is 12.8. The smallest absolute Gasteiger partial charge is 0.229 e. The number of aromatic hydroxyl groups is 3. The molecule has 0 radical (unpaired) electrons. The molecule has 9 N–H and O–H groups in total. The van der Waals surface area contributed by atoms with Crippen LogP contribution in [0.2, 0.25) is 0 Å². The minimum absolute atomic E-state index is 0.0274. The van der Waals surface area contributed by atoms with Crippen LogP contribution < -0.4 is 9.47 Å². The topological polar surface area (TPSA) is 245 Å². The summed E-state index contributed by atoms with van der Waals surface area (Å²) in [4.78, 5) is 12.8. The molecule has 43 heavy (non-hydrogen) atoms. The summed E-state index contributed by atoms with van der Waals surface area (Å²) in [5, 5.41) is 92.0. The number of aliphatic hydroxyl groups excluding tert-OH is 6. The number of aliphatic hydroxyl groups is 6. The quantitative estimate of drug-likeness (QED) is 0.187. The summed E-state index contributed by atoms with van der Waals surface area (Å²) in [6.45, 7) is 2.33. The fraction of sp³-hybridized carbons (Fsp3) is 0.536. The van der Waals surface area contributed by atoms with Crippen molar-refractivity contribution in [3.05, 3.63) is 41.0 Å². The van der Waals surface area contributed by atoms with Gasteiger partial charge in [0.15, 0.2) is 23.6 Å². The molecule has 0 aromatic heterocycles. The molecule has 2 aromatic rings. The number of benzene rings is 2. The van der Waals surface area contributed by atoms with Crippen molar-refractivity contribution in [2.24, 2.45) is 0 Å². The number of aryl methyl sites for hydroxylation is 1. The van der Waals surface area contributed by atoms with Crippen molar-refractivity contribution >= 4 is 5.78 Å². The molecule has 2 saturated heterocycles. The van der Waals surface area contributed by atoms with Gasteiger partial charge in [-0.1, -0.05) is 0 Å². The second-order valence-corrected chi connectivity index (χ2v) is 10.9. The van der Waals surface area contributed by atoms with Gasteiger partial charge in [0.05, 0.1) is 19.1 Å². The highest BCUT2D eigenvalue weighted by atomic mass is 16.7. The number of carbonyl (C=O) groups is 1. The lowest BCUT2D eigenvalue weighted by molar-refractivity contribution is -0.348. The molecule has 2 aromatic carbocycles. The van der Waals surface area contributed by atoms with Crippen LogP contribution in [0.5, 0.6) is 28.7 Å². The van der Waals surface area contributed by atoms with E-state index < -0.39 is 85.7 Å². The highest BCUT2D eigenvalue weighted by molar-refractivity contribution is 6.02. The monoisotopic (exact) mass is 610 g/mol. The molecule has 2 fully saturated rings. The summed E-state index contributed by atoms with van der Waals surface area (Å²) in [6.07, 6.45) is -16.3. The highest BCUT2D eigenvalue weighted by Crippen LogP contribution is 2.44. The normalized spacial score (nSPS) is 36.1.